The summed E-state index contributed by atoms with van der Waals surface area (Å²) in [5.74, 6) is 0.928. The summed E-state index contributed by atoms with van der Waals surface area (Å²) in [7, 11) is 1.71. The molecule has 0 saturated carbocycles. The Bertz CT molecular complexity index is 554. The molecular weight excluding hydrogens is 276 g/mol. The van der Waals surface area contributed by atoms with Gasteiger partial charge in [-0.3, -0.25) is 0 Å². The van der Waals surface area contributed by atoms with E-state index in [1.165, 1.54) is 35.3 Å². The van der Waals surface area contributed by atoms with E-state index in [4.69, 9.17) is 16.3 Å². The van der Waals surface area contributed by atoms with Crippen molar-refractivity contribution in [2.75, 3.05) is 7.11 Å². The van der Waals surface area contributed by atoms with Gasteiger partial charge in [0.1, 0.15) is 5.75 Å². The molecular formula is C16H17ClOS. The van der Waals surface area contributed by atoms with E-state index in [1.807, 2.05) is 29.5 Å². The van der Waals surface area contributed by atoms with E-state index in [0.29, 0.717) is 0 Å². The quantitative estimate of drug-likeness (QED) is 0.738. The summed E-state index contributed by atoms with van der Waals surface area (Å²) >= 11 is 8.48. The van der Waals surface area contributed by atoms with Crippen LogP contribution in [0.3, 0.4) is 0 Å². The van der Waals surface area contributed by atoms with Crippen LogP contribution in [-0.2, 0) is 19.3 Å². The minimum absolute atomic E-state index is 0.0481. The van der Waals surface area contributed by atoms with Crippen LogP contribution in [0.25, 0.3) is 0 Å². The van der Waals surface area contributed by atoms with Crippen LogP contribution in [-0.4, -0.2) is 7.11 Å². The molecule has 0 N–H and O–H groups in total. The van der Waals surface area contributed by atoms with Gasteiger partial charge in [-0.1, -0.05) is 18.2 Å². The first-order chi connectivity index (χ1) is 9.28. The van der Waals surface area contributed by atoms with Gasteiger partial charge in [0, 0.05) is 9.75 Å². The molecule has 2 aromatic rings. The lowest BCUT2D eigenvalue weighted by atomic mass is 10.1. The number of hydrogen-bond donors (Lipinski definition) is 0. The molecule has 3 heteroatoms. The number of aryl methyl sites for hydroxylation is 2. The lowest BCUT2D eigenvalue weighted by molar-refractivity contribution is 0.409. The van der Waals surface area contributed by atoms with E-state index in [2.05, 4.69) is 12.1 Å². The molecule has 1 aromatic carbocycles. The molecule has 1 unspecified atom stereocenters. The molecule has 0 saturated heterocycles. The Kier molecular flexibility index (Phi) is 3.81. The lowest BCUT2D eigenvalue weighted by Gasteiger charge is -2.11. The van der Waals surface area contributed by atoms with Crippen LogP contribution in [0, 0.1) is 0 Å². The molecule has 19 heavy (non-hydrogen) atoms. The van der Waals surface area contributed by atoms with E-state index >= 15 is 0 Å². The summed E-state index contributed by atoms with van der Waals surface area (Å²) < 4.78 is 5.39. The molecule has 3 rings (SSSR count). The molecule has 1 aliphatic carbocycles. The van der Waals surface area contributed by atoms with Crippen LogP contribution in [0.4, 0.5) is 0 Å². The first kappa shape index (κ1) is 13.0. The zero-order valence-corrected chi connectivity index (χ0v) is 12.6. The van der Waals surface area contributed by atoms with Gasteiger partial charge in [0.15, 0.2) is 0 Å². The molecule has 0 radical (unpaired) electrons. The van der Waals surface area contributed by atoms with Crippen LogP contribution in [0.15, 0.2) is 30.3 Å². The maximum absolute atomic E-state index is 6.59. The van der Waals surface area contributed by atoms with Crippen molar-refractivity contribution in [3.63, 3.8) is 0 Å². The smallest absolute Gasteiger partial charge is 0.122 e. The number of hydrogen-bond acceptors (Lipinski definition) is 2. The summed E-state index contributed by atoms with van der Waals surface area (Å²) in [5, 5.41) is 0.0481. The number of ether oxygens (including phenoxy) is 1. The summed E-state index contributed by atoms with van der Waals surface area (Å²) in [6.07, 6.45) is 4.59. The van der Waals surface area contributed by atoms with E-state index in [1.54, 1.807) is 12.0 Å². The number of para-hydroxylation sites is 1. The number of benzene rings is 1. The molecule has 0 fully saturated rings. The molecule has 1 heterocycles. The zero-order chi connectivity index (χ0) is 13.2. The average molecular weight is 293 g/mol. The second-order valence-corrected chi connectivity index (χ2v) is 6.63. The number of thiophene rings is 1. The zero-order valence-electron chi connectivity index (χ0n) is 11.0. The Balaban J connectivity index is 1.78. The Hall–Kier alpha value is -0.990. The number of halogens is 1. The standard InChI is InChI=1S/C16H17ClOS/c1-18-14-7-3-2-5-11(14)9-13(17)16-10-12-6-4-8-15(12)19-16/h2-3,5,7,10,13H,4,6,8-9H2,1H3. The highest BCUT2D eigenvalue weighted by atomic mass is 35.5. The largest absolute Gasteiger partial charge is 0.496 e. The molecule has 0 spiro atoms. The van der Waals surface area contributed by atoms with E-state index in [-0.39, 0.29) is 5.38 Å². The number of fused-ring (bicyclic) bond motifs is 1. The van der Waals surface area contributed by atoms with Gasteiger partial charge >= 0.3 is 0 Å². The molecule has 100 valence electrons. The van der Waals surface area contributed by atoms with Gasteiger partial charge < -0.3 is 4.74 Å². The Morgan fingerprint density at radius 1 is 1.32 bits per heavy atom. The van der Waals surface area contributed by atoms with Crippen molar-refractivity contribution in [1.29, 1.82) is 0 Å². The Morgan fingerprint density at radius 2 is 2.16 bits per heavy atom. The average Bonchev–Trinajstić information content (AvgIpc) is 3.00. The first-order valence-corrected chi connectivity index (χ1v) is 7.90. The molecule has 0 aliphatic heterocycles. The van der Waals surface area contributed by atoms with E-state index in [9.17, 15) is 0 Å². The number of rotatable bonds is 4. The maximum Gasteiger partial charge on any atom is 0.122 e. The molecule has 0 amide bonds. The van der Waals surface area contributed by atoms with Crippen molar-refractivity contribution in [1.82, 2.24) is 0 Å². The van der Waals surface area contributed by atoms with Crippen molar-refractivity contribution >= 4 is 22.9 Å². The van der Waals surface area contributed by atoms with Gasteiger partial charge in [-0.25, -0.2) is 0 Å². The van der Waals surface area contributed by atoms with Gasteiger partial charge in [0.05, 0.1) is 12.5 Å². The third-order valence-electron chi connectivity index (χ3n) is 3.67. The second-order valence-electron chi connectivity index (χ2n) is 4.93. The summed E-state index contributed by atoms with van der Waals surface area (Å²) in [4.78, 5) is 2.85. The van der Waals surface area contributed by atoms with Crippen molar-refractivity contribution in [2.45, 2.75) is 31.1 Å². The van der Waals surface area contributed by atoms with Gasteiger partial charge in [-0.05, 0) is 48.9 Å². The van der Waals surface area contributed by atoms with Crippen molar-refractivity contribution in [3.8, 4) is 5.75 Å². The Morgan fingerprint density at radius 3 is 2.95 bits per heavy atom. The monoisotopic (exact) mass is 292 g/mol. The van der Waals surface area contributed by atoms with Gasteiger partial charge in [-0.2, -0.15) is 0 Å². The highest BCUT2D eigenvalue weighted by Crippen LogP contribution is 2.38. The second kappa shape index (κ2) is 5.56. The third kappa shape index (κ3) is 2.65. The summed E-state index contributed by atoms with van der Waals surface area (Å²) in [6, 6.07) is 10.4. The van der Waals surface area contributed by atoms with Gasteiger partial charge in [0.25, 0.3) is 0 Å². The fourth-order valence-corrected chi connectivity index (χ4v) is 4.27. The van der Waals surface area contributed by atoms with E-state index < -0.39 is 0 Å². The highest BCUT2D eigenvalue weighted by molar-refractivity contribution is 7.12. The van der Waals surface area contributed by atoms with Crippen molar-refractivity contribution in [2.24, 2.45) is 0 Å². The van der Waals surface area contributed by atoms with Crippen LogP contribution in [0.5, 0.6) is 5.75 Å². The van der Waals surface area contributed by atoms with E-state index in [0.717, 1.165) is 12.2 Å². The van der Waals surface area contributed by atoms with Crippen molar-refractivity contribution in [3.05, 3.63) is 51.2 Å². The predicted octanol–water partition coefficient (Wildman–Crippen LogP) is 4.77. The minimum atomic E-state index is 0.0481. The summed E-state index contributed by atoms with van der Waals surface area (Å²) in [5.41, 5.74) is 2.70. The fraction of sp³-hybridized carbons (Fsp3) is 0.375. The SMILES string of the molecule is COc1ccccc1CC(Cl)c1cc2c(s1)CCC2. The summed E-state index contributed by atoms with van der Waals surface area (Å²) in [6.45, 7) is 0. The Labute approximate surface area is 123 Å². The third-order valence-corrected chi connectivity index (χ3v) is 5.54. The van der Waals surface area contributed by atoms with Crippen LogP contribution < -0.4 is 4.74 Å². The van der Waals surface area contributed by atoms with Crippen LogP contribution in [0.2, 0.25) is 0 Å². The maximum atomic E-state index is 6.59. The highest BCUT2D eigenvalue weighted by Gasteiger charge is 2.19. The predicted molar refractivity (Wildman–Crippen MR) is 81.6 cm³/mol. The molecule has 0 bridgehead atoms. The van der Waals surface area contributed by atoms with Gasteiger partial charge in [-0.15, -0.1) is 22.9 Å². The number of alkyl halides is 1. The van der Waals surface area contributed by atoms with Crippen molar-refractivity contribution < 1.29 is 4.74 Å². The molecule has 1 aromatic heterocycles. The minimum Gasteiger partial charge on any atom is -0.496 e. The lowest BCUT2D eigenvalue weighted by Crippen LogP contribution is -1.97. The first-order valence-electron chi connectivity index (χ1n) is 6.65. The topological polar surface area (TPSA) is 9.23 Å². The molecule has 1 atom stereocenters. The molecule has 1 nitrogen and oxygen atoms in total. The fourth-order valence-electron chi connectivity index (χ4n) is 2.67. The normalized spacial score (nSPS) is 15.3. The van der Waals surface area contributed by atoms with Crippen LogP contribution in [0.1, 0.15) is 32.7 Å². The van der Waals surface area contributed by atoms with Gasteiger partial charge in [0.2, 0.25) is 0 Å². The number of methoxy groups -OCH3 is 1. The van der Waals surface area contributed by atoms with Crippen LogP contribution >= 0.6 is 22.9 Å². The molecule has 1 aliphatic rings.